The Bertz CT molecular complexity index is 1000. The van der Waals surface area contributed by atoms with Crippen LogP contribution in [0.5, 0.6) is 11.5 Å². The molecule has 0 saturated carbocycles. The molecule has 2 unspecified atom stereocenters. The van der Waals surface area contributed by atoms with Crippen molar-refractivity contribution in [3.05, 3.63) is 72.8 Å². The van der Waals surface area contributed by atoms with Crippen molar-refractivity contribution in [2.24, 2.45) is 4.99 Å². The van der Waals surface area contributed by atoms with Gasteiger partial charge < -0.3 is 23.5 Å². The van der Waals surface area contributed by atoms with Crippen molar-refractivity contribution >= 4 is 23.1 Å². The summed E-state index contributed by atoms with van der Waals surface area (Å²) < 4.78 is 25.7. The van der Waals surface area contributed by atoms with Crippen LogP contribution >= 0.6 is 12.2 Å². The summed E-state index contributed by atoms with van der Waals surface area (Å²) in [6.45, 7) is 1.24. The minimum absolute atomic E-state index is 0.228. The van der Waals surface area contributed by atoms with Crippen molar-refractivity contribution in [2.45, 2.75) is 18.4 Å². The van der Waals surface area contributed by atoms with E-state index in [1.807, 2.05) is 59.3 Å². The average molecular weight is 423 g/mol. The third-order valence-corrected chi connectivity index (χ3v) is 4.88. The first kappa shape index (κ1) is 20.3. The lowest BCUT2D eigenvalue weighted by atomic mass is 10.1. The molecule has 1 saturated heterocycles. The summed E-state index contributed by atoms with van der Waals surface area (Å²) in [5.74, 6) is 0.563. The molecule has 0 aliphatic carbocycles. The third-order valence-electron chi connectivity index (χ3n) is 4.79. The fraction of sp³-hybridized carbons (Fsp3) is 0.273. The first-order valence-corrected chi connectivity index (χ1v) is 9.84. The number of hydrogen-bond donors (Lipinski definition) is 0. The van der Waals surface area contributed by atoms with Gasteiger partial charge in [-0.3, -0.25) is 0 Å². The predicted molar refractivity (Wildman–Crippen MR) is 114 cm³/mol. The number of aliphatic imine (C=N–C) groups is 1. The van der Waals surface area contributed by atoms with E-state index in [1.165, 1.54) is 0 Å². The number of hydrogen-bond acceptors (Lipinski definition) is 7. The average Bonchev–Trinajstić information content (AvgIpc) is 3.44. The van der Waals surface area contributed by atoms with E-state index in [9.17, 15) is 0 Å². The van der Waals surface area contributed by atoms with Crippen molar-refractivity contribution in [1.82, 2.24) is 9.55 Å². The van der Waals surface area contributed by atoms with Crippen LogP contribution in [0.3, 0.4) is 0 Å². The molecule has 0 spiro atoms. The van der Waals surface area contributed by atoms with Gasteiger partial charge in [-0.1, -0.05) is 0 Å². The summed E-state index contributed by atoms with van der Waals surface area (Å²) in [5.41, 5.74) is 1.64. The van der Waals surface area contributed by atoms with Gasteiger partial charge in [0, 0.05) is 18.0 Å². The van der Waals surface area contributed by atoms with Gasteiger partial charge in [-0.05, 0) is 60.7 Å². The standard InChI is InChI=1S/C22H21N3O4S/c1-26-19-6-2-17(3-7-19)22(14-25-11-10-23-15-25)28-13-21(29-22)12-27-20-8-4-18(5-9-20)24-16-30/h2-11,15,21H,12-14H2,1H3. The van der Waals surface area contributed by atoms with E-state index < -0.39 is 5.79 Å². The largest absolute Gasteiger partial charge is 0.497 e. The predicted octanol–water partition coefficient (Wildman–Crippen LogP) is 3.97. The molecule has 0 bridgehead atoms. The fourth-order valence-corrected chi connectivity index (χ4v) is 3.40. The summed E-state index contributed by atoms with van der Waals surface area (Å²) in [5, 5.41) is 2.35. The smallest absolute Gasteiger partial charge is 0.214 e. The number of imidazole rings is 1. The van der Waals surface area contributed by atoms with Crippen molar-refractivity contribution in [3.63, 3.8) is 0 Å². The Labute approximate surface area is 179 Å². The van der Waals surface area contributed by atoms with Crippen LogP contribution in [0.15, 0.2) is 72.2 Å². The molecule has 2 aromatic carbocycles. The van der Waals surface area contributed by atoms with Gasteiger partial charge >= 0.3 is 0 Å². The highest BCUT2D eigenvalue weighted by Crippen LogP contribution is 2.37. The molecular formula is C22H21N3O4S. The SMILES string of the molecule is COc1ccc(C2(Cn3ccnc3)OCC(COc3ccc(N=C=S)cc3)O2)cc1. The van der Waals surface area contributed by atoms with E-state index in [0.717, 1.165) is 22.7 Å². The van der Waals surface area contributed by atoms with Gasteiger partial charge in [0.2, 0.25) is 5.79 Å². The van der Waals surface area contributed by atoms with Crippen LogP contribution in [0.2, 0.25) is 0 Å². The number of nitrogens with zero attached hydrogens (tertiary/aromatic N) is 3. The molecule has 8 heteroatoms. The van der Waals surface area contributed by atoms with Gasteiger partial charge in [-0.15, -0.1) is 0 Å². The van der Waals surface area contributed by atoms with Crippen LogP contribution in [0.25, 0.3) is 0 Å². The number of methoxy groups -OCH3 is 1. The van der Waals surface area contributed by atoms with Crippen molar-refractivity contribution in [1.29, 1.82) is 0 Å². The Morgan fingerprint density at radius 2 is 1.97 bits per heavy atom. The van der Waals surface area contributed by atoms with Crippen molar-refractivity contribution < 1.29 is 18.9 Å². The minimum Gasteiger partial charge on any atom is -0.497 e. The molecule has 0 radical (unpaired) electrons. The van der Waals surface area contributed by atoms with Crippen LogP contribution < -0.4 is 9.47 Å². The molecule has 1 aliphatic rings. The Hall–Kier alpha value is -3.03. The summed E-state index contributed by atoms with van der Waals surface area (Å²) in [6, 6.07) is 15.0. The van der Waals surface area contributed by atoms with Gasteiger partial charge in [0.25, 0.3) is 0 Å². The molecule has 0 N–H and O–H groups in total. The number of isothiocyanates is 1. The second kappa shape index (κ2) is 9.19. The molecule has 4 rings (SSSR count). The zero-order chi connectivity index (χ0) is 20.8. The third kappa shape index (κ3) is 4.58. The highest BCUT2D eigenvalue weighted by atomic mass is 32.1. The molecule has 1 aromatic heterocycles. The summed E-state index contributed by atoms with van der Waals surface area (Å²) in [7, 11) is 1.64. The highest BCUT2D eigenvalue weighted by molar-refractivity contribution is 7.78. The zero-order valence-corrected chi connectivity index (χ0v) is 17.2. The quantitative estimate of drug-likeness (QED) is 0.403. The summed E-state index contributed by atoms with van der Waals surface area (Å²) in [4.78, 5) is 8.05. The number of ether oxygens (including phenoxy) is 4. The topological polar surface area (TPSA) is 67.1 Å². The number of aromatic nitrogens is 2. The van der Waals surface area contributed by atoms with Gasteiger partial charge in [0.1, 0.15) is 24.2 Å². The van der Waals surface area contributed by atoms with E-state index in [1.54, 1.807) is 19.6 Å². The second-order valence-corrected chi connectivity index (χ2v) is 6.96. The maximum absolute atomic E-state index is 6.39. The molecule has 0 amide bonds. The van der Waals surface area contributed by atoms with Gasteiger partial charge in [0.15, 0.2) is 0 Å². The normalized spacial score (nSPS) is 20.5. The fourth-order valence-electron chi connectivity index (χ4n) is 3.30. The van der Waals surface area contributed by atoms with Gasteiger partial charge in [-0.2, -0.15) is 4.99 Å². The van der Waals surface area contributed by atoms with Gasteiger partial charge in [-0.25, -0.2) is 4.98 Å². The van der Waals surface area contributed by atoms with E-state index in [0.29, 0.717) is 19.8 Å². The van der Waals surface area contributed by atoms with Crippen molar-refractivity contribution in [3.8, 4) is 11.5 Å². The first-order valence-electron chi connectivity index (χ1n) is 9.43. The lowest BCUT2D eigenvalue weighted by Gasteiger charge is -2.29. The Kier molecular flexibility index (Phi) is 6.21. The molecule has 7 nitrogen and oxygen atoms in total. The molecule has 30 heavy (non-hydrogen) atoms. The lowest BCUT2D eigenvalue weighted by molar-refractivity contribution is -0.189. The highest BCUT2D eigenvalue weighted by Gasteiger charge is 2.44. The van der Waals surface area contributed by atoms with Gasteiger partial charge in [0.05, 0.1) is 37.4 Å². The van der Waals surface area contributed by atoms with Crippen molar-refractivity contribution in [2.75, 3.05) is 20.3 Å². The van der Waals surface area contributed by atoms with Crippen LogP contribution in [0.4, 0.5) is 5.69 Å². The number of benzene rings is 2. The Balaban J connectivity index is 1.47. The molecule has 1 fully saturated rings. The maximum Gasteiger partial charge on any atom is 0.214 e. The van der Waals surface area contributed by atoms with E-state index in [2.05, 4.69) is 27.4 Å². The van der Waals surface area contributed by atoms with Crippen LogP contribution in [-0.4, -0.2) is 41.1 Å². The van der Waals surface area contributed by atoms with Crippen LogP contribution in [0, 0.1) is 0 Å². The Morgan fingerprint density at radius 3 is 2.63 bits per heavy atom. The van der Waals surface area contributed by atoms with E-state index >= 15 is 0 Å². The number of rotatable bonds is 8. The Morgan fingerprint density at radius 1 is 1.20 bits per heavy atom. The minimum atomic E-state index is -0.932. The lowest BCUT2D eigenvalue weighted by Crippen LogP contribution is -2.34. The molecule has 2 atom stereocenters. The van der Waals surface area contributed by atoms with E-state index in [4.69, 9.17) is 18.9 Å². The number of thiocarbonyl (C=S) groups is 1. The zero-order valence-electron chi connectivity index (χ0n) is 16.4. The molecular weight excluding hydrogens is 402 g/mol. The van der Waals surface area contributed by atoms with Crippen LogP contribution in [-0.2, 0) is 21.8 Å². The monoisotopic (exact) mass is 423 g/mol. The first-order chi connectivity index (χ1) is 14.7. The second-order valence-electron chi connectivity index (χ2n) is 6.78. The maximum atomic E-state index is 6.39. The van der Waals surface area contributed by atoms with Crippen LogP contribution in [0.1, 0.15) is 5.56 Å². The molecule has 154 valence electrons. The van der Waals surface area contributed by atoms with E-state index in [-0.39, 0.29) is 6.10 Å². The molecule has 1 aliphatic heterocycles. The summed E-state index contributed by atoms with van der Waals surface area (Å²) >= 11 is 4.62. The summed E-state index contributed by atoms with van der Waals surface area (Å²) in [6.07, 6.45) is 5.13. The molecule has 3 aromatic rings. The molecule has 2 heterocycles.